The SMILES string of the molecule is CCC(CC)(CN)C(=O)NCC(OC)c1ccc(Cl)cc1.Cl. The van der Waals surface area contributed by atoms with Gasteiger partial charge in [0.2, 0.25) is 5.91 Å². The lowest BCUT2D eigenvalue weighted by atomic mass is 9.81. The van der Waals surface area contributed by atoms with E-state index in [0.29, 0.717) is 18.1 Å². The molecule has 22 heavy (non-hydrogen) atoms. The molecule has 0 bridgehead atoms. The predicted molar refractivity (Wildman–Crippen MR) is 93.5 cm³/mol. The Morgan fingerprint density at radius 1 is 1.32 bits per heavy atom. The van der Waals surface area contributed by atoms with Crippen LogP contribution in [0.3, 0.4) is 0 Å². The average Bonchev–Trinajstić information content (AvgIpc) is 2.52. The van der Waals surface area contributed by atoms with Crippen LogP contribution in [0.5, 0.6) is 0 Å². The zero-order valence-corrected chi connectivity index (χ0v) is 15.0. The minimum absolute atomic E-state index is 0. The second-order valence-corrected chi connectivity index (χ2v) is 5.61. The number of hydrogen-bond acceptors (Lipinski definition) is 3. The molecule has 0 saturated heterocycles. The summed E-state index contributed by atoms with van der Waals surface area (Å²) in [5, 5.41) is 3.64. The second kappa shape index (κ2) is 10.1. The Kier molecular flexibility index (Phi) is 9.69. The zero-order valence-electron chi connectivity index (χ0n) is 13.4. The lowest BCUT2D eigenvalue weighted by molar-refractivity contribution is -0.131. The fraction of sp³-hybridized carbons (Fsp3) is 0.562. The van der Waals surface area contributed by atoms with Crippen molar-refractivity contribution >= 4 is 29.9 Å². The summed E-state index contributed by atoms with van der Waals surface area (Å²) in [6.45, 7) is 4.75. The fourth-order valence-corrected chi connectivity index (χ4v) is 2.47. The summed E-state index contributed by atoms with van der Waals surface area (Å²) in [5.41, 5.74) is 6.28. The molecule has 1 aromatic rings. The average molecular weight is 349 g/mol. The van der Waals surface area contributed by atoms with Crippen molar-refractivity contribution in [1.29, 1.82) is 0 Å². The van der Waals surface area contributed by atoms with Crippen LogP contribution in [0, 0.1) is 5.41 Å². The monoisotopic (exact) mass is 348 g/mol. The quantitative estimate of drug-likeness (QED) is 0.757. The van der Waals surface area contributed by atoms with E-state index in [2.05, 4.69) is 5.32 Å². The molecule has 0 heterocycles. The van der Waals surface area contributed by atoms with Crippen LogP contribution in [0.4, 0.5) is 0 Å². The van der Waals surface area contributed by atoms with Crippen LogP contribution in [0.2, 0.25) is 5.02 Å². The lowest BCUT2D eigenvalue weighted by Gasteiger charge is -2.29. The summed E-state index contributed by atoms with van der Waals surface area (Å²) in [7, 11) is 1.63. The minimum Gasteiger partial charge on any atom is -0.375 e. The molecule has 1 atom stereocenters. The van der Waals surface area contributed by atoms with Crippen LogP contribution in [-0.4, -0.2) is 26.1 Å². The van der Waals surface area contributed by atoms with Gasteiger partial charge in [-0.25, -0.2) is 0 Å². The first-order chi connectivity index (χ1) is 10.0. The third kappa shape index (κ3) is 5.13. The van der Waals surface area contributed by atoms with Crippen molar-refractivity contribution in [3.8, 4) is 0 Å². The van der Waals surface area contributed by atoms with Gasteiger partial charge in [0.25, 0.3) is 0 Å². The Morgan fingerprint density at radius 2 is 1.86 bits per heavy atom. The van der Waals surface area contributed by atoms with Crippen LogP contribution in [0.1, 0.15) is 38.4 Å². The topological polar surface area (TPSA) is 64.4 Å². The van der Waals surface area contributed by atoms with Gasteiger partial charge in [0.05, 0.1) is 11.5 Å². The van der Waals surface area contributed by atoms with Gasteiger partial charge < -0.3 is 15.8 Å². The largest absolute Gasteiger partial charge is 0.375 e. The Balaban J connectivity index is 0.00000441. The standard InChI is InChI=1S/C16H25ClN2O2.ClH/c1-4-16(5-2,11-18)15(20)19-10-14(21-3)12-6-8-13(17)9-7-12;/h6-9,14H,4-5,10-11,18H2,1-3H3,(H,19,20);1H. The van der Waals surface area contributed by atoms with E-state index in [1.165, 1.54) is 0 Å². The molecular weight excluding hydrogens is 323 g/mol. The minimum atomic E-state index is -0.488. The molecule has 4 nitrogen and oxygen atoms in total. The molecule has 0 aliphatic carbocycles. The van der Waals surface area contributed by atoms with Crippen molar-refractivity contribution in [1.82, 2.24) is 5.32 Å². The Bertz CT molecular complexity index is 440. The molecule has 0 aliphatic heterocycles. The first-order valence-corrected chi connectivity index (χ1v) is 7.67. The van der Waals surface area contributed by atoms with E-state index in [1.54, 1.807) is 7.11 Å². The van der Waals surface area contributed by atoms with Crippen molar-refractivity contribution in [2.75, 3.05) is 20.2 Å². The van der Waals surface area contributed by atoms with E-state index >= 15 is 0 Å². The summed E-state index contributed by atoms with van der Waals surface area (Å²) in [4.78, 5) is 12.4. The number of methoxy groups -OCH3 is 1. The summed E-state index contributed by atoms with van der Waals surface area (Å²) in [5.74, 6) is -0.00832. The number of hydrogen-bond donors (Lipinski definition) is 2. The van der Waals surface area contributed by atoms with Crippen LogP contribution >= 0.6 is 24.0 Å². The number of nitrogens with one attached hydrogen (secondary N) is 1. The smallest absolute Gasteiger partial charge is 0.227 e. The third-order valence-electron chi connectivity index (χ3n) is 4.20. The highest BCUT2D eigenvalue weighted by Crippen LogP contribution is 2.25. The van der Waals surface area contributed by atoms with Crippen molar-refractivity contribution < 1.29 is 9.53 Å². The van der Waals surface area contributed by atoms with E-state index in [0.717, 1.165) is 18.4 Å². The number of amides is 1. The fourth-order valence-electron chi connectivity index (χ4n) is 2.34. The number of halogens is 2. The molecule has 0 aromatic heterocycles. The van der Waals surface area contributed by atoms with Crippen LogP contribution < -0.4 is 11.1 Å². The molecule has 0 aliphatic rings. The molecule has 126 valence electrons. The highest BCUT2D eigenvalue weighted by atomic mass is 35.5. The number of nitrogens with two attached hydrogens (primary N) is 1. The maximum atomic E-state index is 12.4. The predicted octanol–water partition coefficient (Wildman–Crippen LogP) is 3.33. The van der Waals surface area contributed by atoms with Crippen molar-refractivity contribution in [3.05, 3.63) is 34.9 Å². The normalized spacial score (nSPS) is 12.4. The Labute approximate surface area is 144 Å². The molecule has 1 aromatic carbocycles. The third-order valence-corrected chi connectivity index (χ3v) is 4.45. The highest BCUT2D eigenvalue weighted by molar-refractivity contribution is 6.30. The van der Waals surface area contributed by atoms with Gasteiger partial charge >= 0.3 is 0 Å². The van der Waals surface area contributed by atoms with Gasteiger partial charge in [-0.2, -0.15) is 0 Å². The van der Waals surface area contributed by atoms with Crippen LogP contribution in [0.15, 0.2) is 24.3 Å². The maximum absolute atomic E-state index is 12.4. The molecule has 0 fully saturated rings. The number of benzene rings is 1. The summed E-state index contributed by atoms with van der Waals surface area (Å²) in [6.07, 6.45) is 1.25. The van der Waals surface area contributed by atoms with Gasteiger partial charge in [0.1, 0.15) is 0 Å². The van der Waals surface area contributed by atoms with E-state index < -0.39 is 5.41 Å². The molecule has 0 radical (unpaired) electrons. The molecule has 1 rings (SSSR count). The van der Waals surface area contributed by atoms with E-state index in [1.807, 2.05) is 38.1 Å². The number of carbonyl (C=O) groups excluding carboxylic acids is 1. The Hall–Kier alpha value is -0.810. The van der Waals surface area contributed by atoms with E-state index in [4.69, 9.17) is 22.1 Å². The first-order valence-electron chi connectivity index (χ1n) is 7.29. The second-order valence-electron chi connectivity index (χ2n) is 5.18. The molecule has 6 heteroatoms. The molecule has 1 amide bonds. The van der Waals surface area contributed by atoms with Gasteiger partial charge in [0.15, 0.2) is 0 Å². The van der Waals surface area contributed by atoms with E-state index in [-0.39, 0.29) is 24.4 Å². The molecule has 0 spiro atoms. The number of carbonyl (C=O) groups is 1. The van der Waals surface area contributed by atoms with E-state index in [9.17, 15) is 4.79 Å². The molecule has 3 N–H and O–H groups in total. The number of rotatable bonds is 8. The summed E-state index contributed by atoms with van der Waals surface area (Å²) in [6, 6.07) is 7.43. The van der Waals surface area contributed by atoms with Crippen molar-refractivity contribution in [2.24, 2.45) is 11.1 Å². The lowest BCUT2D eigenvalue weighted by Crippen LogP contribution is -2.46. The first kappa shape index (κ1) is 21.2. The Morgan fingerprint density at radius 3 is 2.27 bits per heavy atom. The highest BCUT2D eigenvalue weighted by Gasteiger charge is 2.33. The van der Waals surface area contributed by atoms with Gasteiger partial charge in [0, 0.05) is 25.2 Å². The van der Waals surface area contributed by atoms with Crippen LogP contribution in [-0.2, 0) is 9.53 Å². The maximum Gasteiger partial charge on any atom is 0.227 e. The zero-order chi connectivity index (χ0) is 15.9. The molecular formula is C16H26Cl2N2O2. The molecule has 0 saturated carbocycles. The molecule has 1 unspecified atom stereocenters. The van der Waals surface area contributed by atoms with Gasteiger partial charge in [-0.1, -0.05) is 37.6 Å². The summed E-state index contributed by atoms with van der Waals surface area (Å²) >= 11 is 5.88. The van der Waals surface area contributed by atoms with Gasteiger partial charge in [-0.15, -0.1) is 12.4 Å². The van der Waals surface area contributed by atoms with Crippen LogP contribution in [0.25, 0.3) is 0 Å². The van der Waals surface area contributed by atoms with Gasteiger partial charge in [-0.05, 0) is 30.5 Å². The van der Waals surface area contributed by atoms with Crippen molar-refractivity contribution in [2.45, 2.75) is 32.8 Å². The van der Waals surface area contributed by atoms with Crippen molar-refractivity contribution in [3.63, 3.8) is 0 Å². The number of ether oxygens (including phenoxy) is 1. The van der Waals surface area contributed by atoms with Gasteiger partial charge in [-0.3, -0.25) is 4.79 Å². The summed E-state index contributed by atoms with van der Waals surface area (Å²) < 4.78 is 5.45.